The largest absolute Gasteiger partial charge is 0.485 e. The molecule has 0 amide bonds. The van der Waals surface area contributed by atoms with Crippen LogP contribution in [0.1, 0.15) is 12.5 Å². The summed E-state index contributed by atoms with van der Waals surface area (Å²) in [6.45, 7) is 1.86. The van der Waals surface area contributed by atoms with E-state index in [0.717, 1.165) is 6.92 Å². The molecule has 0 aliphatic rings. The van der Waals surface area contributed by atoms with E-state index >= 15 is 0 Å². The Hall–Kier alpha value is -0.900. The molecule has 0 unspecified atom stereocenters. The van der Waals surface area contributed by atoms with E-state index in [0.29, 0.717) is 16.5 Å². The number of aromatic nitrogens is 1. The van der Waals surface area contributed by atoms with E-state index in [1.165, 1.54) is 6.20 Å². The van der Waals surface area contributed by atoms with Crippen molar-refractivity contribution in [2.75, 3.05) is 6.61 Å². The predicted octanol–water partition coefficient (Wildman–Crippen LogP) is 3.08. The first-order valence-electron chi connectivity index (χ1n) is 4.01. The maximum absolute atomic E-state index is 12.4. The van der Waals surface area contributed by atoms with E-state index in [1.54, 1.807) is 13.0 Å². The molecular weight excluding hydrogens is 212 g/mol. The van der Waals surface area contributed by atoms with Crippen molar-refractivity contribution >= 4 is 11.6 Å². The third kappa shape index (κ3) is 3.46. The van der Waals surface area contributed by atoms with Gasteiger partial charge < -0.3 is 4.74 Å². The van der Waals surface area contributed by atoms with Crippen LogP contribution in [0.4, 0.5) is 8.78 Å². The van der Waals surface area contributed by atoms with Gasteiger partial charge >= 0.3 is 0 Å². The molecule has 1 aromatic rings. The van der Waals surface area contributed by atoms with Crippen molar-refractivity contribution in [3.63, 3.8) is 0 Å². The van der Waals surface area contributed by atoms with Crippen LogP contribution in [-0.2, 0) is 0 Å². The summed E-state index contributed by atoms with van der Waals surface area (Å²) in [6.07, 6.45) is 1.34. The molecule has 0 aromatic carbocycles. The van der Waals surface area contributed by atoms with Gasteiger partial charge in [0.1, 0.15) is 10.9 Å². The van der Waals surface area contributed by atoms with Gasteiger partial charge in [0.25, 0.3) is 5.92 Å². The summed E-state index contributed by atoms with van der Waals surface area (Å²) in [6, 6.07) is 1.56. The molecule has 14 heavy (non-hydrogen) atoms. The predicted molar refractivity (Wildman–Crippen MR) is 50.1 cm³/mol. The van der Waals surface area contributed by atoms with Crippen molar-refractivity contribution in [2.24, 2.45) is 0 Å². The van der Waals surface area contributed by atoms with E-state index in [1.807, 2.05) is 0 Å². The van der Waals surface area contributed by atoms with Gasteiger partial charge in [-0.2, -0.15) is 0 Å². The Labute approximate surface area is 85.9 Å². The first-order chi connectivity index (χ1) is 6.38. The van der Waals surface area contributed by atoms with Crippen LogP contribution >= 0.6 is 11.6 Å². The number of pyridine rings is 1. The smallest absolute Gasteiger partial charge is 0.278 e. The topological polar surface area (TPSA) is 22.1 Å². The molecule has 0 fully saturated rings. The molecule has 1 rings (SSSR count). The Bertz CT molecular complexity index is 325. The van der Waals surface area contributed by atoms with Crippen molar-refractivity contribution in [3.05, 3.63) is 23.0 Å². The molecule has 2 nitrogen and oxygen atoms in total. The fraction of sp³-hybridized carbons (Fsp3) is 0.444. The first-order valence-corrected chi connectivity index (χ1v) is 4.39. The molecule has 0 N–H and O–H groups in total. The van der Waals surface area contributed by atoms with E-state index in [9.17, 15) is 8.78 Å². The van der Waals surface area contributed by atoms with Crippen LogP contribution in [0.25, 0.3) is 0 Å². The van der Waals surface area contributed by atoms with Gasteiger partial charge in [0, 0.05) is 6.92 Å². The molecule has 0 radical (unpaired) electrons. The molecule has 5 heteroatoms. The SMILES string of the molecule is Cc1cc(Cl)ncc1OCC(C)(F)F. The number of ether oxygens (including phenoxy) is 1. The summed E-state index contributed by atoms with van der Waals surface area (Å²) in [5, 5.41) is 0.318. The Kier molecular flexibility index (Phi) is 3.26. The number of alkyl halides is 2. The highest BCUT2D eigenvalue weighted by Crippen LogP contribution is 2.21. The summed E-state index contributed by atoms with van der Waals surface area (Å²) >= 11 is 5.59. The van der Waals surface area contributed by atoms with Gasteiger partial charge in [-0.15, -0.1) is 0 Å². The Morgan fingerprint density at radius 1 is 1.57 bits per heavy atom. The lowest BCUT2D eigenvalue weighted by Crippen LogP contribution is -2.21. The van der Waals surface area contributed by atoms with Gasteiger partial charge in [-0.1, -0.05) is 11.6 Å². The maximum atomic E-state index is 12.4. The van der Waals surface area contributed by atoms with Crippen molar-refractivity contribution in [3.8, 4) is 5.75 Å². The average Bonchev–Trinajstić information content (AvgIpc) is 2.00. The molecule has 0 aliphatic heterocycles. The van der Waals surface area contributed by atoms with Crippen LogP contribution in [0.2, 0.25) is 5.15 Å². The van der Waals surface area contributed by atoms with Gasteiger partial charge in [0.2, 0.25) is 0 Å². The second-order valence-corrected chi connectivity index (χ2v) is 3.52. The molecule has 0 saturated carbocycles. The van der Waals surface area contributed by atoms with Crippen LogP contribution in [0.5, 0.6) is 5.75 Å². The minimum Gasteiger partial charge on any atom is -0.485 e. The fourth-order valence-corrected chi connectivity index (χ4v) is 1.08. The number of halogens is 3. The number of hydrogen-bond acceptors (Lipinski definition) is 2. The van der Waals surface area contributed by atoms with Crippen LogP contribution in [0, 0.1) is 6.92 Å². The van der Waals surface area contributed by atoms with Gasteiger partial charge in [-0.25, -0.2) is 13.8 Å². The molecular formula is C9H10ClF2NO. The third-order valence-electron chi connectivity index (χ3n) is 1.51. The molecule has 0 spiro atoms. The Morgan fingerprint density at radius 3 is 2.71 bits per heavy atom. The van der Waals surface area contributed by atoms with E-state index in [4.69, 9.17) is 16.3 Å². The second-order valence-electron chi connectivity index (χ2n) is 3.13. The zero-order chi connectivity index (χ0) is 10.8. The fourth-order valence-electron chi connectivity index (χ4n) is 0.865. The molecule has 1 aromatic heterocycles. The van der Waals surface area contributed by atoms with Crippen molar-refractivity contribution in [1.82, 2.24) is 4.98 Å². The van der Waals surface area contributed by atoms with Crippen LogP contribution in [-0.4, -0.2) is 17.5 Å². The summed E-state index contributed by atoms with van der Waals surface area (Å²) in [4.78, 5) is 3.74. The zero-order valence-electron chi connectivity index (χ0n) is 7.85. The third-order valence-corrected chi connectivity index (χ3v) is 1.72. The van der Waals surface area contributed by atoms with Crippen LogP contribution in [0.3, 0.4) is 0 Å². The second kappa shape index (κ2) is 4.09. The summed E-state index contributed by atoms with van der Waals surface area (Å²) in [5.41, 5.74) is 0.689. The van der Waals surface area contributed by atoms with Gasteiger partial charge in [0.05, 0.1) is 6.20 Å². The normalized spacial score (nSPS) is 11.5. The average molecular weight is 222 g/mol. The quantitative estimate of drug-likeness (QED) is 0.732. The van der Waals surface area contributed by atoms with Crippen molar-refractivity contribution in [1.29, 1.82) is 0 Å². The van der Waals surface area contributed by atoms with Crippen molar-refractivity contribution < 1.29 is 13.5 Å². The van der Waals surface area contributed by atoms with E-state index in [-0.39, 0.29) is 0 Å². The highest BCUT2D eigenvalue weighted by atomic mass is 35.5. The molecule has 0 aliphatic carbocycles. The minimum atomic E-state index is -2.84. The zero-order valence-corrected chi connectivity index (χ0v) is 8.61. The molecule has 78 valence electrons. The van der Waals surface area contributed by atoms with Gasteiger partial charge in [-0.05, 0) is 18.6 Å². The summed E-state index contributed by atoms with van der Waals surface area (Å²) in [7, 11) is 0. The lowest BCUT2D eigenvalue weighted by molar-refractivity contribution is -0.0232. The Balaban J connectivity index is 2.68. The maximum Gasteiger partial charge on any atom is 0.278 e. The minimum absolute atomic E-state index is 0.318. The Morgan fingerprint density at radius 2 is 2.21 bits per heavy atom. The molecule has 0 bridgehead atoms. The summed E-state index contributed by atoms with van der Waals surface area (Å²) < 4.78 is 29.8. The highest BCUT2D eigenvalue weighted by molar-refractivity contribution is 6.29. The lowest BCUT2D eigenvalue weighted by atomic mass is 10.3. The van der Waals surface area contributed by atoms with Gasteiger partial charge in [-0.3, -0.25) is 0 Å². The van der Waals surface area contributed by atoms with Crippen LogP contribution in [0.15, 0.2) is 12.3 Å². The lowest BCUT2D eigenvalue weighted by Gasteiger charge is -2.13. The van der Waals surface area contributed by atoms with Crippen molar-refractivity contribution in [2.45, 2.75) is 19.8 Å². The van der Waals surface area contributed by atoms with Gasteiger partial charge in [0.15, 0.2) is 6.61 Å². The monoisotopic (exact) mass is 221 g/mol. The first kappa shape index (κ1) is 11.2. The van der Waals surface area contributed by atoms with Crippen LogP contribution < -0.4 is 4.74 Å². The number of hydrogen-bond donors (Lipinski definition) is 0. The van der Waals surface area contributed by atoms with E-state index < -0.39 is 12.5 Å². The standard InChI is InChI=1S/C9H10ClF2NO/c1-6-3-8(10)13-4-7(6)14-5-9(2,11)12/h3-4H,5H2,1-2H3. The highest BCUT2D eigenvalue weighted by Gasteiger charge is 2.22. The summed E-state index contributed by atoms with van der Waals surface area (Å²) in [5.74, 6) is -2.51. The molecule has 1 heterocycles. The molecule has 0 saturated heterocycles. The number of aryl methyl sites for hydroxylation is 1. The molecule has 0 atom stereocenters. The van der Waals surface area contributed by atoms with E-state index in [2.05, 4.69) is 4.98 Å². The number of rotatable bonds is 3. The number of nitrogens with zero attached hydrogens (tertiary/aromatic N) is 1.